The van der Waals surface area contributed by atoms with Gasteiger partial charge in [-0.15, -0.1) is 0 Å². The van der Waals surface area contributed by atoms with Crippen LogP contribution in [-0.2, 0) is 21.2 Å². The molecular weight excluding hydrogens is 460 g/mol. The van der Waals surface area contributed by atoms with Gasteiger partial charge in [0.05, 0.1) is 30.6 Å². The minimum atomic E-state index is -3.81. The second kappa shape index (κ2) is 10.1. The molecule has 0 spiro atoms. The molecule has 0 saturated carbocycles. The zero-order chi connectivity index (χ0) is 21.6. The Morgan fingerprint density at radius 2 is 1.76 bits per heavy atom. The molecule has 7 nitrogen and oxygen atoms in total. The maximum Gasteiger partial charge on any atom is 0.238 e. The number of carbonyl (C=O) groups excluding carboxylic acids is 1. The van der Waals surface area contributed by atoms with E-state index in [9.17, 15) is 13.2 Å². The number of sulfonamides is 1. The van der Waals surface area contributed by atoms with E-state index in [1.807, 2.05) is 13.8 Å². The van der Waals surface area contributed by atoms with Crippen molar-refractivity contribution in [2.45, 2.75) is 38.1 Å². The molecule has 2 aromatic carbocycles. The molecule has 0 aromatic heterocycles. The number of hydrogen-bond donors (Lipinski definition) is 2. The molecule has 0 heterocycles. The number of nitrogens with one attached hydrogen (secondary N) is 1. The minimum Gasteiger partial charge on any atom is -0.490 e. The van der Waals surface area contributed by atoms with Crippen molar-refractivity contribution < 1.29 is 22.7 Å². The third kappa shape index (κ3) is 6.45. The molecule has 2 aromatic rings. The van der Waals surface area contributed by atoms with E-state index in [0.29, 0.717) is 30.3 Å². The fourth-order valence-electron chi connectivity index (χ4n) is 2.76. The standard InChI is InChI=1S/C20H25BrN2O5S/c1-4-27-18-10-15(17(21)12-19(18)28-5-2)11-20(24)23-13(3)14-7-6-8-16(9-14)29(22,25)26/h6-10,12-13H,4-5,11H2,1-3H3,(H,23,24)(H2,22,25,26). The lowest BCUT2D eigenvalue weighted by Crippen LogP contribution is -2.28. The van der Waals surface area contributed by atoms with Gasteiger partial charge in [-0.05, 0) is 56.2 Å². The minimum absolute atomic E-state index is 0.00622. The van der Waals surface area contributed by atoms with E-state index < -0.39 is 16.1 Å². The molecule has 1 amide bonds. The lowest BCUT2D eigenvalue weighted by Gasteiger charge is -2.17. The number of ether oxygens (including phenoxy) is 2. The van der Waals surface area contributed by atoms with Crippen molar-refractivity contribution in [3.63, 3.8) is 0 Å². The van der Waals surface area contributed by atoms with E-state index in [4.69, 9.17) is 14.6 Å². The average Bonchev–Trinajstić information content (AvgIpc) is 2.65. The number of amides is 1. The number of carbonyl (C=O) groups is 1. The van der Waals surface area contributed by atoms with Crippen LogP contribution in [0.1, 0.15) is 37.9 Å². The van der Waals surface area contributed by atoms with Gasteiger partial charge in [0.25, 0.3) is 0 Å². The number of nitrogens with two attached hydrogens (primary N) is 1. The summed E-state index contributed by atoms with van der Waals surface area (Å²) in [5.74, 6) is 0.971. The van der Waals surface area contributed by atoms with Gasteiger partial charge >= 0.3 is 0 Å². The van der Waals surface area contributed by atoms with Gasteiger partial charge in [-0.2, -0.15) is 0 Å². The zero-order valence-corrected chi connectivity index (χ0v) is 19.0. The molecule has 158 valence electrons. The number of rotatable bonds is 9. The summed E-state index contributed by atoms with van der Waals surface area (Å²) in [6.07, 6.45) is 0.117. The second-order valence-electron chi connectivity index (χ2n) is 6.34. The summed E-state index contributed by atoms with van der Waals surface area (Å²) in [7, 11) is -3.81. The number of hydrogen-bond acceptors (Lipinski definition) is 5. The first-order valence-electron chi connectivity index (χ1n) is 9.15. The Bertz CT molecular complexity index is 979. The Labute approximate surface area is 179 Å². The number of benzene rings is 2. The summed E-state index contributed by atoms with van der Waals surface area (Å²) in [6.45, 7) is 6.52. The predicted molar refractivity (Wildman–Crippen MR) is 115 cm³/mol. The fraction of sp³-hybridized carbons (Fsp3) is 0.350. The Morgan fingerprint density at radius 3 is 2.34 bits per heavy atom. The van der Waals surface area contributed by atoms with E-state index in [0.717, 1.165) is 10.0 Å². The molecule has 0 bridgehead atoms. The quantitative estimate of drug-likeness (QED) is 0.567. The van der Waals surface area contributed by atoms with Gasteiger partial charge in [-0.1, -0.05) is 28.1 Å². The van der Waals surface area contributed by atoms with Crippen molar-refractivity contribution >= 4 is 31.9 Å². The van der Waals surface area contributed by atoms with E-state index in [-0.39, 0.29) is 17.2 Å². The molecule has 0 aliphatic carbocycles. The summed E-state index contributed by atoms with van der Waals surface area (Å²) in [6, 6.07) is 9.38. The average molecular weight is 485 g/mol. The number of primary sulfonamides is 1. The highest BCUT2D eigenvalue weighted by atomic mass is 79.9. The molecule has 2 rings (SSSR count). The van der Waals surface area contributed by atoms with Gasteiger partial charge in [-0.3, -0.25) is 4.79 Å². The van der Waals surface area contributed by atoms with Crippen LogP contribution in [0.2, 0.25) is 0 Å². The van der Waals surface area contributed by atoms with Crippen molar-refractivity contribution in [1.82, 2.24) is 5.32 Å². The molecule has 0 aliphatic heterocycles. The predicted octanol–water partition coefficient (Wildman–Crippen LogP) is 3.31. The van der Waals surface area contributed by atoms with Crippen LogP contribution in [0.15, 0.2) is 45.8 Å². The van der Waals surface area contributed by atoms with Crippen LogP contribution < -0.4 is 19.9 Å². The summed E-state index contributed by atoms with van der Waals surface area (Å²) in [5, 5.41) is 8.05. The zero-order valence-electron chi connectivity index (χ0n) is 16.6. The first-order chi connectivity index (χ1) is 13.7. The Morgan fingerprint density at radius 1 is 1.14 bits per heavy atom. The lowest BCUT2D eigenvalue weighted by molar-refractivity contribution is -0.121. The van der Waals surface area contributed by atoms with Gasteiger partial charge in [0.1, 0.15) is 0 Å². The molecule has 3 N–H and O–H groups in total. The van der Waals surface area contributed by atoms with Gasteiger partial charge in [0, 0.05) is 4.47 Å². The van der Waals surface area contributed by atoms with Crippen LogP contribution in [0, 0.1) is 0 Å². The molecule has 0 fully saturated rings. The van der Waals surface area contributed by atoms with Crippen molar-refractivity contribution in [2.75, 3.05) is 13.2 Å². The third-order valence-electron chi connectivity index (χ3n) is 4.13. The Hall–Kier alpha value is -2.10. The van der Waals surface area contributed by atoms with Crippen molar-refractivity contribution in [3.05, 3.63) is 52.0 Å². The molecule has 1 atom stereocenters. The van der Waals surface area contributed by atoms with Crippen molar-refractivity contribution in [2.24, 2.45) is 5.14 Å². The van der Waals surface area contributed by atoms with Gasteiger partial charge < -0.3 is 14.8 Å². The molecule has 1 unspecified atom stereocenters. The molecule has 0 saturated heterocycles. The summed E-state index contributed by atoms with van der Waals surface area (Å²) >= 11 is 3.48. The normalized spacial score (nSPS) is 12.3. The first kappa shape index (κ1) is 23.2. The van der Waals surface area contributed by atoms with E-state index in [2.05, 4.69) is 21.2 Å². The highest BCUT2D eigenvalue weighted by molar-refractivity contribution is 9.10. The highest BCUT2D eigenvalue weighted by Crippen LogP contribution is 2.34. The van der Waals surface area contributed by atoms with Gasteiger partial charge in [-0.25, -0.2) is 13.6 Å². The molecule has 0 radical (unpaired) electrons. The van der Waals surface area contributed by atoms with Crippen LogP contribution in [0.5, 0.6) is 11.5 Å². The SMILES string of the molecule is CCOc1cc(Br)c(CC(=O)NC(C)c2cccc(S(N)(=O)=O)c2)cc1OCC. The van der Waals surface area contributed by atoms with Crippen LogP contribution in [0.25, 0.3) is 0 Å². The molecular formula is C20H25BrN2O5S. The maximum atomic E-state index is 12.6. The van der Waals surface area contributed by atoms with Gasteiger partial charge in [0.15, 0.2) is 11.5 Å². The number of halogens is 1. The maximum absolute atomic E-state index is 12.6. The summed E-state index contributed by atoms with van der Waals surface area (Å²) < 4.78 is 35.0. The van der Waals surface area contributed by atoms with E-state index >= 15 is 0 Å². The molecule has 9 heteroatoms. The third-order valence-corrected chi connectivity index (χ3v) is 5.78. The monoisotopic (exact) mass is 484 g/mol. The van der Waals surface area contributed by atoms with Crippen molar-refractivity contribution in [3.8, 4) is 11.5 Å². The van der Waals surface area contributed by atoms with Crippen LogP contribution >= 0.6 is 15.9 Å². The highest BCUT2D eigenvalue weighted by Gasteiger charge is 2.17. The van der Waals surface area contributed by atoms with Crippen LogP contribution in [-0.4, -0.2) is 27.5 Å². The summed E-state index contributed by atoms with van der Waals surface area (Å²) in [4.78, 5) is 12.6. The first-order valence-corrected chi connectivity index (χ1v) is 11.5. The van der Waals surface area contributed by atoms with Gasteiger partial charge in [0.2, 0.25) is 15.9 Å². The molecule has 29 heavy (non-hydrogen) atoms. The van der Waals surface area contributed by atoms with Crippen LogP contribution in [0.4, 0.5) is 0 Å². The fourth-order valence-corrected chi connectivity index (χ4v) is 3.79. The second-order valence-corrected chi connectivity index (χ2v) is 8.76. The smallest absolute Gasteiger partial charge is 0.238 e. The van der Waals surface area contributed by atoms with E-state index in [1.165, 1.54) is 12.1 Å². The van der Waals surface area contributed by atoms with E-state index in [1.54, 1.807) is 31.2 Å². The van der Waals surface area contributed by atoms with Crippen molar-refractivity contribution in [1.29, 1.82) is 0 Å². The van der Waals surface area contributed by atoms with Crippen LogP contribution in [0.3, 0.4) is 0 Å². The Kier molecular flexibility index (Phi) is 8.06. The Balaban J connectivity index is 2.15. The largest absolute Gasteiger partial charge is 0.490 e. The lowest BCUT2D eigenvalue weighted by atomic mass is 10.1. The summed E-state index contributed by atoms with van der Waals surface area (Å²) in [5.41, 5.74) is 1.39. The molecule has 0 aliphatic rings. The topological polar surface area (TPSA) is 108 Å².